The fourth-order valence-corrected chi connectivity index (χ4v) is 0.574. The van der Waals surface area contributed by atoms with E-state index in [0.29, 0.717) is 0 Å². The first-order chi connectivity index (χ1) is 4.09. The Hall–Kier alpha value is -0.320. The van der Waals surface area contributed by atoms with Crippen LogP contribution in [0.5, 0.6) is 0 Å². The highest BCUT2D eigenvalue weighted by atomic mass is 35.5. The molecule has 0 heterocycles. The maximum Gasteiger partial charge on any atom is 0.278 e. The molecular formula is C5H13ClN2O2. The Balaban J connectivity index is 0. The molecule has 0 radical (unpaired) electrons. The third kappa shape index (κ3) is 3.66. The minimum absolute atomic E-state index is 0. The van der Waals surface area contributed by atoms with Gasteiger partial charge in [-0.3, -0.25) is 4.79 Å². The van der Waals surface area contributed by atoms with E-state index in [2.05, 4.69) is 0 Å². The molecule has 0 saturated carbocycles. The zero-order valence-corrected chi connectivity index (χ0v) is 6.80. The minimum atomic E-state index is -0.509. The summed E-state index contributed by atoms with van der Waals surface area (Å²) in [5.74, 6) is -0.403. The Bertz CT molecular complexity index is 108. The van der Waals surface area contributed by atoms with Gasteiger partial charge in [-0.25, -0.2) is 5.21 Å². The first-order valence-corrected chi connectivity index (χ1v) is 2.86. The number of halogens is 1. The molecule has 0 aromatic rings. The summed E-state index contributed by atoms with van der Waals surface area (Å²) in [6.45, 7) is 3.64. The Morgan fingerprint density at radius 1 is 1.60 bits per heavy atom. The summed E-state index contributed by atoms with van der Waals surface area (Å²) in [5, 5.41) is 8.44. The maximum absolute atomic E-state index is 10.4. The van der Waals surface area contributed by atoms with Crippen LogP contribution in [0, 0.1) is 5.92 Å². The summed E-state index contributed by atoms with van der Waals surface area (Å²) in [6.07, 6.45) is 0. The summed E-state index contributed by atoms with van der Waals surface area (Å²) in [6, 6.07) is -0.509. The highest BCUT2D eigenvalue weighted by molar-refractivity contribution is 5.78. The van der Waals surface area contributed by atoms with Gasteiger partial charge in [0.1, 0.15) is 0 Å². The van der Waals surface area contributed by atoms with Gasteiger partial charge < -0.3 is 18.1 Å². The fraction of sp³-hybridized carbons (Fsp3) is 0.800. The predicted molar refractivity (Wildman–Crippen MR) is 31.5 cm³/mol. The average molecular weight is 169 g/mol. The van der Waals surface area contributed by atoms with Gasteiger partial charge >= 0.3 is 0 Å². The van der Waals surface area contributed by atoms with Crippen molar-refractivity contribution in [1.29, 1.82) is 0 Å². The number of amides is 1. The average Bonchev–Trinajstić information content (AvgIpc) is 1.64. The summed E-state index contributed by atoms with van der Waals surface area (Å²) in [5.41, 5.74) is 5.76. The van der Waals surface area contributed by atoms with E-state index in [1.807, 2.05) is 13.8 Å². The van der Waals surface area contributed by atoms with Gasteiger partial charge in [0.05, 0.1) is 0 Å². The van der Waals surface area contributed by atoms with Crippen molar-refractivity contribution in [3.8, 4) is 0 Å². The molecule has 0 rings (SSSR count). The lowest BCUT2D eigenvalue weighted by molar-refractivity contribution is -0.904. The lowest BCUT2D eigenvalue weighted by Crippen LogP contribution is -3.00. The van der Waals surface area contributed by atoms with E-state index in [0.717, 1.165) is 5.48 Å². The topological polar surface area (TPSA) is 79.9 Å². The van der Waals surface area contributed by atoms with Crippen molar-refractivity contribution in [3.05, 3.63) is 0 Å². The molecule has 62 valence electrons. The van der Waals surface area contributed by atoms with E-state index in [1.54, 1.807) is 0 Å². The number of nitrogens with two attached hydrogens (primary N) is 2. The monoisotopic (exact) mass is 168 g/mol. The van der Waals surface area contributed by atoms with Crippen LogP contribution in [0.25, 0.3) is 0 Å². The van der Waals surface area contributed by atoms with Crippen molar-refractivity contribution in [1.82, 2.24) is 0 Å². The summed E-state index contributed by atoms with van der Waals surface area (Å²) in [4.78, 5) is 10.4. The van der Waals surface area contributed by atoms with Gasteiger partial charge in [-0.1, -0.05) is 13.8 Å². The fourth-order valence-electron chi connectivity index (χ4n) is 0.574. The largest absolute Gasteiger partial charge is 1.00 e. The summed E-state index contributed by atoms with van der Waals surface area (Å²) < 4.78 is 0. The first-order valence-electron chi connectivity index (χ1n) is 2.86. The zero-order valence-electron chi connectivity index (χ0n) is 6.04. The van der Waals surface area contributed by atoms with Gasteiger partial charge in [-0.2, -0.15) is 5.48 Å². The molecule has 4 nitrogen and oxygen atoms in total. The molecule has 1 atom stereocenters. The molecular weight excluding hydrogens is 156 g/mol. The number of hydroxylamine groups is 1. The zero-order chi connectivity index (χ0) is 7.44. The van der Waals surface area contributed by atoms with E-state index in [-0.39, 0.29) is 18.3 Å². The quantitative estimate of drug-likeness (QED) is 0.371. The Kier molecular flexibility index (Phi) is 6.76. The molecule has 0 fully saturated rings. The second-order valence-corrected chi connectivity index (χ2v) is 2.32. The molecule has 0 aliphatic carbocycles. The van der Waals surface area contributed by atoms with E-state index < -0.39 is 11.9 Å². The lowest BCUT2D eigenvalue weighted by Gasteiger charge is -2.09. The van der Waals surface area contributed by atoms with Crippen LogP contribution < -0.4 is 23.6 Å². The molecule has 1 amide bonds. The van der Waals surface area contributed by atoms with Crippen LogP contribution in [0.4, 0.5) is 0 Å². The van der Waals surface area contributed by atoms with Crippen molar-refractivity contribution < 1.29 is 27.9 Å². The summed E-state index contributed by atoms with van der Waals surface area (Å²) >= 11 is 0. The van der Waals surface area contributed by atoms with Gasteiger partial charge in [0.2, 0.25) is 0 Å². The molecule has 0 spiro atoms. The normalized spacial score (nSPS) is 12.4. The van der Waals surface area contributed by atoms with E-state index in [1.165, 1.54) is 0 Å². The molecule has 0 bridgehead atoms. The molecule has 1 unspecified atom stereocenters. The van der Waals surface area contributed by atoms with Crippen LogP contribution in [-0.4, -0.2) is 17.2 Å². The molecule has 0 aromatic heterocycles. The Morgan fingerprint density at radius 2 is 2.00 bits per heavy atom. The van der Waals surface area contributed by atoms with Crippen LogP contribution in [0.3, 0.4) is 0 Å². The molecule has 10 heavy (non-hydrogen) atoms. The number of carbonyl (C=O) groups excluding carboxylic acids is 1. The van der Waals surface area contributed by atoms with Crippen molar-refractivity contribution in [2.24, 2.45) is 11.7 Å². The first kappa shape index (κ1) is 12.4. The molecule has 0 saturated heterocycles. The number of rotatable bonds is 3. The second-order valence-electron chi connectivity index (χ2n) is 2.32. The SMILES string of the molecule is CC(C)C([NH2+]O)C(N)=O.[Cl-]. The van der Waals surface area contributed by atoms with Crippen molar-refractivity contribution in [3.63, 3.8) is 0 Å². The molecule has 0 aromatic carbocycles. The highest BCUT2D eigenvalue weighted by Crippen LogP contribution is 1.93. The van der Waals surface area contributed by atoms with Crippen LogP contribution in [-0.2, 0) is 4.79 Å². The Morgan fingerprint density at radius 3 is 2.00 bits per heavy atom. The number of hydrogen-bond acceptors (Lipinski definition) is 2. The lowest BCUT2D eigenvalue weighted by atomic mass is 10.1. The van der Waals surface area contributed by atoms with Crippen LogP contribution in [0.15, 0.2) is 0 Å². The molecule has 0 aliphatic heterocycles. The second kappa shape index (κ2) is 5.46. The number of quaternary nitrogens is 1. The third-order valence-corrected chi connectivity index (χ3v) is 1.21. The Labute approximate surface area is 66.2 Å². The molecule has 5 heteroatoms. The van der Waals surface area contributed by atoms with E-state index in [9.17, 15) is 4.79 Å². The van der Waals surface area contributed by atoms with Gasteiger partial charge in [0.15, 0.2) is 6.04 Å². The van der Waals surface area contributed by atoms with Crippen LogP contribution >= 0.6 is 0 Å². The molecule has 5 N–H and O–H groups in total. The molecule has 0 aliphatic rings. The van der Waals surface area contributed by atoms with Crippen LogP contribution in [0.1, 0.15) is 13.8 Å². The van der Waals surface area contributed by atoms with Gasteiger partial charge in [-0.05, 0) is 0 Å². The van der Waals surface area contributed by atoms with E-state index >= 15 is 0 Å². The van der Waals surface area contributed by atoms with Crippen LogP contribution in [0.2, 0.25) is 0 Å². The van der Waals surface area contributed by atoms with Crippen molar-refractivity contribution in [2.75, 3.05) is 0 Å². The summed E-state index contributed by atoms with van der Waals surface area (Å²) in [7, 11) is 0. The number of hydrogen-bond donors (Lipinski definition) is 3. The smallest absolute Gasteiger partial charge is 0.278 e. The van der Waals surface area contributed by atoms with Crippen molar-refractivity contribution in [2.45, 2.75) is 19.9 Å². The highest BCUT2D eigenvalue weighted by Gasteiger charge is 2.21. The van der Waals surface area contributed by atoms with Crippen molar-refractivity contribution >= 4 is 5.91 Å². The number of primary amides is 1. The van der Waals surface area contributed by atoms with Gasteiger partial charge in [-0.15, -0.1) is 0 Å². The minimum Gasteiger partial charge on any atom is -1.00 e. The van der Waals surface area contributed by atoms with E-state index in [4.69, 9.17) is 10.9 Å². The number of carbonyl (C=O) groups is 1. The van der Waals surface area contributed by atoms with Gasteiger partial charge in [0, 0.05) is 5.92 Å². The predicted octanol–water partition coefficient (Wildman–Crippen LogP) is -4.55. The van der Waals surface area contributed by atoms with Gasteiger partial charge in [0.25, 0.3) is 5.91 Å². The standard InChI is InChI=1S/C5H12N2O2.ClH/c1-3(2)4(7-9)5(6)8;/h3-4,7,9H,1-2H3,(H2,6,8);1H. The maximum atomic E-state index is 10.4. The third-order valence-electron chi connectivity index (χ3n) is 1.21.